The SMILES string of the molecule is CN1CC[C@@](C)(COCc2ccccc2)[C@@H]1c1ccccc1. The van der Waals surface area contributed by atoms with Crippen molar-refractivity contribution in [3.05, 3.63) is 71.8 Å². The molecule has 116 valence electrons. The van der Waals surface area contributed by atoms with Gasteiger partial charge >= 0.3 is 0 Å². The molecular formula is C20H25NO. The molecule has 0 bridgehead atoms. The van der Waals surface area contributed by atoms with Crippen LogP contribution in [0.3, 0.4) is 0 Å². The fourth-order valence-electron chi connectivity index (χ4n) is 3.65. The molecule has 1 heterocycles. The summed E-state index contributed by atoms with van der Waals surface area (Å²) in [6.07, 6.45) is 1.18. The summed E-state index contributed by atoms with van der Waals surface area (Å²) >= 11 is 0. The highest BCUT2D eigenvalue weighted by atomic mass is 16.5. The molecule has 0 radical (unpaired) electrons. The Bertz CT molecular complexity index is 583. The van der Waals surface area contributed by atoms with Crippen molar-refractivity contribution >= 4 is 0 Å². The van der Waals surface area contributed by atoms with Crippen molar-refractivity contribution in [3.63, 3.8) is 0 Å². The van der Waals surface area contributed by atoms with Gasteiger partial charge in [0.1, 0.15) is 0 Å². The van der Waals surface area contributed by atoms with Gasteiger partial charge in [-0.2, -0.15) is 0 Å². The van der Waals surface area contributed by atoms with E-state index < -0.39 is 0 Å². The molecule has 1 saturated heterocycles. The van der Waals surface area contributed by atoms with Crippen molar-refractivity contribution in [3.8, 4) is 0 Å². The van der Waals surface area contributed by atoms with E-state index in [0.717, 1.165) is 13.2 Å². The number of nitrogens with zero attached hydrogens (tertiary/aromatic N) is 1. The lowest BCUT2D eigenvalue weighted by molar-refractivity contribution is 0.0237. The zero-order valence-electron chi connectivity index (χ0n) is 13.5. The predicted molar refractivity (Wildman–Crippen MR) is 90.6 cm³/mol. The van der Waals surface area contributed by atoms with Gasteiger partial charge in [0.05, 0.1) is 13.2 Å². The quantitative estimate of drug-likeness (QED) is 0.816. The second-order valence-electron chi connectivity index (χ2n) is 6.68. The van der Waals surface area contributed by atoms with Crippen LogP contribution in [0, 0.1) is 5.41 Å². The van der Waals surface area contributed by atoms with Crippen molar-refractivity contribution in [2.75, 3.05) is 20.2 Å². The summed E-state index contributed by atoms with van der Waals surface area (Å²) < 4.78 is 6.08. The van der Waals surface area contributed by atoms with Crippen LogP contribution in [0.5, 0.6) is 0 Å². The van der Waals surface area contributed by atoms with Gasteiger partial charge in [-0.25, -0.2) is 0 Å². The minimum atomic E-state index is 0.172. The van der Waals surface area contributed by atoms with Crippen molar-refractivity contribution in [2.45, 2.75) is 26.0 Å². The van der Waals surface area contributed by atoms with Crippen molar-refractivity contribution in [1.82, 2.24) is 4.90 Å². The van der Waals surface area contributed by atoms with Crippen LogP contribution in [0.4, 0.5) is 0 Å². The molecular weight excluding hydrogens is 270 g/mol. The zero-order chi connectivity index (χ0) is 15.4. The molecule has 2 aromatic rings. The number of hydrogen-bond donors (Lipinski definition) is 0. The largest absolute Gasteiger partial charge is 0.376 e. The number of ether oxygens (including phenoxy) is 1. The monoisotopic (exact) mass is 295 g/mol. The van der Waals surface area contributed by atoms with E-state index in [0.29, 0.717) is 12.6 Å². The standard InChI is InChI=1S/C20H25NO/c1-20(16-22-15-17-9-5-3-6-10-17)13-14-21(2)19(20)18-11-7-4-8-12-18/h3-12,19H,13-16H2,1-2H3/t19-,20-/m0/s1. The third-order valence-corrected chi connectivity index (χ3v) is 4.80. The normalized spacial score (nSPS) is 25.5. The second-order valence-corrected chi connectivity index (χ2v) is 6.68. The van der Waals surface area contributed by atoms with E-state index in [1.807, 2.05) is 6.07 Å². The zero-order valence-corrected chi connectivity index (χ0v) is 13.5. The van der Waals surface area contributed by atoms with Crippen LogP contribution in [-0.2, 0) is 11.3 Å². The summed E-state index contributed by atoms with van der Waals surface area (Å²) in [5, 5.41) is 0. The number of rotatable bonds is 5. The second kappa shape index (κ2) is 6.64. The van der Waals surface area contributed by atoms with Crippen molar-refractivity contribution in [1.29, 1.82) is 0 Å². The van der Waals surface area contributed by atoms with Crippen LogP contribution in [0.15, 0.2) is 60.7 Å². The summed E-state index contributed by atoms with van der Waals surface area (Å²) in [6.45, 7) is 4.98. The fraction of sp³-hybridized carbons (Fsp3) is 0.400. The van der Waals surface area contributed by atoms with E-state index in [1.165, 1.54) is 17.5 Å². The highest BCUT2D eigenvalue weighted by molar-refractivity contribution is 5.23. The Kier molecular flexibility index (Phi) is 4.60. The van der Waals surface area contributed by atoms with Crippen LogP contribution >= 0.6 is 0 Å². The molecule has 0 unspecified atom stereocenters. The number of benzene rings is 2. The van der Waals surface area contributed by atoms with Crippen LogP contribution in [-0.4, -0.2) is 25.1 Å². The first-order chi connectivity index (χ1) is 10.7. The number of hydrogen-bond acceptors (Lipinski definition) is 2. The van der Waals surface area contributed by atoms with Gasteiger partial charge in [0.2, 0.25) is 0 Å². The summed E-state index contributed by atoms with van der Waals surface area (Å²) in [7, 11) is 2.22. The molecule has 2 nitrogen and oxygen atoms in total. The molecule has 0 saturated carbocycles. The van der Waals surface area contributed by atoms with E-state index in [4.69, 9.17) is 4.74 Å². The molecule has 2 aromatic carbocycles. The summed E-state index contributed by atoms with van der Waals surface area (Å²) in [5.74, 6) is 0. The average molecular weight is 295 g/mol. The molecule has 0 aromatic heterocycles. The van der Waals surface area contributed by atoms with Gasteiger partial charge in [0.15, 0.2) is 0 Å². The first-order valence-electron chi connectivity index (χ1n) is 8.06. The Morgan fingerprint density at radius 3 is 2.36 bits per heavy atom. The summed E-state index contributed by atoms with van der Waals surface area (Å²) in [5.41, 5.74) is 2.81. The summed E-state index contributed by atoms with van der Waals surface area (Å²) in [4.78, 5) is 2.46. The maximum absolute atomic E-state index is 6.08. The highest BCUT2D eigenvalue weighted by Crippen LogP contribution is 2.46. The molecule has 1 aliphatic heterocycles. The summed E-state index contributed by atoms with van der Waals surface area (Å²) in [6, 6.07) is 21.7. The molecule has 0 spiro atoms. The van der Waals surface area contributed by atoms with E-state index in [9.17, 15) is 0 Å². The Hall–Kier alpha value is -1.64. The Labute approximate surface area is 133 Å². The van der Waals surface area contributed by atoms with Gasteiger partial charge in [-0.15, -0.1) is 0 Å². The molecule has 0 N–H and O–H groups in total. The van der Waals surface area contributed by atoms with Crippen LogP contribution in [0.1, 0.15) is 30.5 Å². The fourth-order valence-corrected chi connectivity index (χ4v) is 3.65. The molecule has 22 heavy (non-hydrogen) atoms. The molecule has 2 atom stereocenters. The molecule has 1 fully saturated rings. The van der Waals surface area contributed by atoms with Gasteiger partial charge in [0, 0.05) is 11.5 Å². The van der Waals surface area contributed by atoms with E-state index in [2.05, 4.69) is 73.5 Å². The maximum atomic E-state index is 6.08. The average Bonchev–Trinajstić information content (AvgIpc) is 2.84. The predicted octanol–water partition coefficient (Wildman–Crippen LogP) is 4.29. The molecule has 3 rings (SSSR count). The van der Waals surface area contributed by atoms with Crippen LogP contribution in [0.25, 0.3) is 0 Å². The first kappa shape index (κ1) is 15.3. The van der Waals surface area contributed by atoms with Crippen LogP contribution in [0.2, 0.25) is 0 Å². The Morgan fingerprint density at radius 2 is 1.68 bits per heavy atom. The lowest BCUT2D eigenvalue weighted by Crippen LogP contribution is -2.31. The van der Waals surface area contributed by atoms with Crippen molar-refractivity contribution in [2.24, 2.45) is 5.41 Å². The third kappa shape index (κ3) is 3.23. The van der Waals surface area contributed by atoms with Gasteiger partial charge in [-0.3, -0.25) is 4.90 Å². The minimum Gasteiger partial charge on any atom is -0.376 e. The Morgan fingerprint density at radius 1 is 1.05 bits per heavy atom. The lowest BCUT2D eigenvalue weighted by Gasteiger charge is -2.34. The first-order valence-corrected chi connectivity index (χ1v) is 8.06. The Balaban J connectivity index is 1.68. The van der Waals surface area contributed by atoms with Gasteiger partial charge < -0.3 is 4.74 Å². The van der Waals surface area contributed by atoms with Gasteiger partial charge in [-0.05, 0) is 31.1 Å². The third-order valence-electron chi connectivity index (χ3n) is 4.80. The molecule has 0 aliphatic carbocycles. The molecule has 0 amide bonds. The number of likely N-dealkylation sites (tertiary alicyclic amines) is 1. The topological polar surface area (TPSA) is 12.5 Å². The van der Waals surface area contributed by atoms with E-state index >= 15 is 0 Å². The lowest BCUT2D eigenvalue weighted by atomic mass is 9.80. The minimum absolute atomic E-state index is 0.172. The van der Waals surface area contributed by atoms with E-state index in [1.54, 1.807) is 0 Å². The van der Waals surface area contributed by atoms with Gasteiger partial charge in [0.25, 0.3) is 0 Å². The smallest absolute Gasteiger partial charge is 0.0717 e. The molecule has 2 heteroatoms. The molecule has 1 aliphatic rings. The highest BCUT2D eigenvalue weighted by Gasteiger charge is 2.43. The van der Waals surface area contributed by atoms with Crippen molar-refractivity contribution < 1.29 is 4.74 Å². The maximum Gasteiger partial charge on any atom is 0.0717 e. The van der Waals surface area contributed by atoms with Gasteiger partial charge in [-0.1, -0.05) is 67.6 Å². The van der Waals surface area contributed by atoms with E-state index in [-0.39, 0.29) is 5.41 Å². The van der Waals surface area contributed by atoms with Crippen LogP contribution < -0.4 is 0 Å².